The quantitative estimate of drug-likeness (QED) is 0.789. The van der Waals surface area contributed by atoms with E-state index in [1.807, 2.05) is 60.7 Å². The van der Waals surface area contributed by atoms with E-state index >= 15 is 0 Å². The van der Waals surface area contributed by atoms with Gasteiger partial charge in [-0.25, -0.2) is 0 Å². The molecule has 0 bridgehead atoms. The van der Waals surface area contributed by atoms with Gasteiger partial charge in [0.25, 0.3) is 10.1 Å². The standard InChI is InChI=1S/C15H16O3S/c1-18-19(16,17)15(14-10-6-3-7-11-14)12-13-8-4-2-5-9-13/h2-11,15H,12H2,1H3/t15-/m1/s1. The third-order valence-corrected chi connectivity index (χ3v) is 4.62. The highest BCUT2D eigenvalue weighted by Crippen LogP contribution is 2.27. The van der Waals surface area contributed by atoms with E-state index in [0.717, 1.165) is 11.1 Å². The van der Waals surface area contributed by atoms with Crippen LogP contribution in [-0.2, 0) is 20.7 Å². The minimum atomic E-state index is -3.61. The average Bonchev–Trinajstić information content (AvgIpc) is 2.46. The van der Waals surface area contributed by atoms with Crippen molar-refractivity contribution in [2.75, 3.05) is 7.11 Å². The summed E-state index contributed by atoms with van der Waals surface area (Å²) < 4.78 is 28.9. The molecule has 0 heterocycles. The van der Waals surface area contributed by atoms with Crippen molar-refractivity contribution in [2.24, 2.45) is 0 Å². The van der Waals surface area contributed by atoms with Gasteiger partial charge in [0.1, 0.15) is 5.25 Å². The van der Waals surface area contributed by atoms with Crippen LogP contribution in [0.2, 0.25) is 0 Å². The number of benzene rings is 2. The topological polar surface area (TPSA) is 43.4 Å². The molecule has 19 heavy (non-hydrogen) atoms. The molecule has 4 heteroatoms. The molecule has 2 aromatic rings. The van der Waals surface area contributed by atoms with E-state index in [4.69, 9.17) is 4.18 Å². The van der Waals surface area contributed by atoms with Crippen LogP contribution in [0.3, 0.4) is 0 Å². The minimum Gasteiger partial charge on any atom is -0.273 e. The predicted molar refractivity (Wildman–Crippen MR) is 75.3 cm³/mol. The van der Waals surface area contributed by atoms with Gasteiger partial charge in [-0.05, 0) is 17.5 Å². The van der Waals surface area contributed by atoms with Gasteiger partial charge in [0.2, 0.25) is 0 Å². The van der Waals surface area contributed by atoms with Crippen LogP contribution in [0, 0.1) is 0 Å². The second kappa shape index (κ2) is 5.99. The van der Waals surface area contributed by atoms with Gasteiger partial charge in [0, 0.05) is 0 Å². The second-order valence-electron chi connectivity index (χ2n) is 4.25. The van der Waals surface area contributed by atoms with Crippen molar-refractivity contribution in [3.8, 4) is 0 Å². The molecule has 0 N–H and O–H groups in total. The molecular formula is C15H16O3S. The first-order chi connectivity index (χ1) is 9.13. The van der Waals surface area contributed by atoms with Gasteiger partial charge in [-0.2, -0.15) is 8.42 Å². The first-order valence-electron chi connectivity index (χ1n) is 6.02. The zero-order valence-electron chi connectivity index (χ0n) is 10.7. The summed E-state index contributed by atoms with van der Waals surface area (Å²) in [6.07, 6.45) is 0.404. The Kier molecular flexibility index (Phi) is 4.35. The monoisotopic (exact) mass is 276 g/mol. The highest BCUT2D eigenvalue weighted by molar-refractivity contribution is 7.87. The zero-order valence-corrected chi connectivity index (χ0v) is 11.5. The van der Waals surface area contributed by atoms with E-state index < -0.39 is 15.4 Å². The average molecular weight is 276 g/mol. The fraction of sp³-hybridized carbons (Fsp3) is 0.200. The lowest BCUT2D eigenvalue weighted by atomic mass is 10.0. The molecule has 1 atom stereocenters. The van der Waals surface area contributed by atoms with Crippen molar-refractivity contribution >= 4 is 10.1 Å². The molecule has 0 aliphatic rings. The van der Waals surface area contributed by atoms with Gasteiger partial charge in [0.15, 0.2) is 0 Å². The van der Waals surface area contributed by atoms with Crippen LogP contribution in [0.4, 0.5) is 0 Å². The van der Waals surface area contributed by atoms with Crippen LogP contribution in [-0.4, -0.2) is 15.5 Å². The molecule has 0 fully saturated rings. The molecule has 0 unspecified atom stereocenters. The molecular weight excluding hydrogens is 260 g/mol. The van der Waals surface area contributed by atoms with E-state index in [1.165, 1.54) is 7.11 Å². The maximum Gasteiger partial charge on any atom is 0.274 e. The van der Waals surface area contributed by atoms with E-state index in [1.54, 1.807) is 0 Å². The van der Waals surface area contributed by atoms with Crippen LogP contribution in [0.1, 0.15) is 16.4 Å². The summed E-state index contributed by atoms with van der Waals surface area (Å²) >= 11 is 0. The Hall–Kier alpha value is -1.65. The molecule has 0 saturated heterocycles. The molecule has 0 aliphatic heterocycles. The Morgan fingerprint density at radius 1 is 0.947 bits per heavy atom. The molecule has 0 saturated carbocycles. The predicted octanol–water partition coefficient (Wildman–Crippen LogP) is 2.95. The van der Waals surface area contributed by atoms with E-state index in [9.17, 15) is 8.42 Å². The summed E-state index contributed by atoms with van der Waals surface area (Å²) in [4.78, 5) is 0. The molecule has 2 rings (SSSR count). The van der Waals surface area contributed by atoms with Crippen molar-refractivity contribution in [3.05, 3.63) is 71.8 Å². The minimum absolute atomic E-state index is 0.404. The Morgan fingerprint density at radius 3 is 2.00 bits per heavy atom. The van der Waals surface area contributed by atoms with Gasteiger partial charge in [-0.15, -0.1) is 0 Å². The zero-order chi connectivity index (χ0) is 13.7. The Labute approximate surface area is 114 Å². The smallest absolute Gasteiger partial charge is 0.273 e. The molecule has 0 spiro atoms. The van der Waals surface area contributed by atoms with Crippen molar-refractivity contribution in [2.45, 2.75) is 11.7 Å². The van der Waals surface area contributed by atoms with Crippen molar-refractivity contribution in [3.63, 3.8) is 0 Å². The lowest BCUT2D eigenvalue weighted by Gasteiger charge is -2.16. The number of rotatable bonds is 5. The summed E-state index contributed by atoms with van der Waals surface area (Å²) in [5, 5.41) is -0.680. The SMILES string of the molecule is COS(=O)(=O)[C@H](Cc1ccccc1)c1ccccc1. The number of hydrogen-bond acceptors (Lipinski definition) is 3. The first kappa shape index (κ1) is 13.8. The second-order valence-corrected chi connectivity index (χ2v) is 6.14. The fourth-order valence-electron chi connectivity index (χ4n) is 2.00. The molecule has 0 aliphatic carbocycles. The molecule has 100 valence electrons. The van der Waals surface area contributed by atoms with E-state index in [-0.39, 0.29) is 0 Å². The Morgan fingerprint density at radius 2 is 1.47 bits per heavy atom. The maximum absolute atomic E-state index is 12.1. The van der Waals surface area contributed by atoms with Crippen molar-refractivity contribution in [1.82, 2.24) is 0 Å². The summed E-state index contributed by atoms with van der Waals surface area (Å²) in [6.45, 7) is 0. The van der Waals surface area contributed by atoms with Crippen molar-refractivity contribution in [1.29, 1.82) is 0 Å². The molecule has 0 aromatic heterocycles. The first-order valence-corrected chi connectivity index (χ1v) is 7.49. The normalized spacial score (nSPS) is 13.1. The van der Waals surface area contributed by atoms with Gasteiger partial charge in [0.05, 0.1) is 7.11 Å². The largest absolute Gasteiger partial charge is 0.274 e. The van der Waals surface area contributed by atoms with Gasteiger partial charge in [-0.1, -0.05) is 60.7 Å². The third kappa shape index (κ3) is 3.43. The van der Waals surface area contributed by atoms with Crippen LogP contribution in [0.15, 0.2) is 60.7 Å². The molecule has 0 amide bonds. The van der Waals surface area contributed by atoms with Crippen LogP contribution < -0.4 is 0 Å². The highest BCUT2D eigenvalue weighted by Gasteiger charge is 2.27. The van der Waals surface area contributed by atoms with E-state index in [2.05, 4.69) is 0 Å². The van der Waals surface area contributed by atoms with Gasteiger partial charge < -0.3 is 0 Å². The number of hydrogen-bond donors (Lipinski definition) is 0. The fourth-order valence-corrected chi connectivity index (χ4v) is 3.12. The van der Waals surface area contributed by atoms with Crippen LogP contribution in [0.25, 0.3) is 0 Å². The maximum atomic E-state index is 12.1. The summed E-state index contributed by atoms with van der Waals surface area (Å²) in [6, 6.07) is 18.7. The lowest BCUT2D eigenvalue weighted by molar-refractivity contribution is 0.387. The summed E-state index contributed by atoms with van der Waals surface area (Å²) in [7, 11) is -2.41. The summed E-state index contributed by atoms with van der Waals surface area (Å²) in [5.74, 6) is 0. The Bertz CT molecular complexity index is 606. The molecule has 3 nitrogen and oxygen atoms in total. The van der Waals surface area contributed by atoms with Crippen LogP contribution >= 0.6 is 0 Å². The van der Waals surface area contributed by atoms with E-state index in [0.29, 0.717) is 6.42 Å². The summed E-state index contributed by atoms with van der Waals surface area (Å²) in [5.41, 5.74) is 1.71. The van der Waals surface area contributed by atoms with Crippen LogP contribution in [0.5, 0.6) is 0 Å². The van der Waals surface area contributed by atoms with Gasteiger partial charge in [-0.3, -0.25) is 4.18 Å². The molecule has 2 aromatic carbocycles. The van der Waals surface area contributed by atoms with Gasteiger partial charge >= 0.3 is 0 Å². The van der Waals surface area contributed by atoms with Crippen molar-refractivity contribution < 1.29 is 12.6 Å². The lowest BCUT2D eigenvalue weighted by Crippen LogP contribution is -2.17. The highest BCUT2D eigenvalue weighted by atomic mass is 32.2. The third-order valence-electron chi connectivity index (χ3n) is 3.02. The Balaban J connectivity index is 2.36. The molecule has 0 radical (unpaired) electrons.